The molecule has 1 aliphatic heterocycles. The van der Waals surface area contributed by atoms with Crippen molar-refractivity contribution >= 4 is 5.97 Å². The second-order valence-corrected chi connectivity index (χ2v) is 4.45. The molecule has 17 heavy (non-hydrogen) atoms. The fourth-order valence-electron chi connectivity index (χ4n) is 2.36. The van der Waals surface area contributed by atoms with E-state index in [0.717, 1.165) is 19.5 Å². The average Bonchev–Trinajstić information content (AvgIpc) is 2.40. The molecule has 0 bridgehead atoms. The van der Waals surface area contributed by atoms with Crippen molar-refractivity contribution in [1.82, 2.24) is 5.32 Å². The van der Waals surface area contributed by atoms with E-state index < -0.39 is 0 Å². The summed E-state index contributed by atoms with van der Waals surface area (Å²) in [4.78, 5) is 11.7. The summed E-state index contributed by atoms with van der Waals surface area (Å²) >= 11 is 0. The van der Waals surface area contributed by atoms with E-state index in [-0.39, 0.29) is 11.9 Å². The lowest BCUT2D eigenvalue weighted by molar-refractivity contribution is -0.148. The van der Waals surface area contributed by atoms with E-state index in [2.05, 4.69) is 17.4 Å². The van der Waals surface area contributed by atoms with Crippen LogP contribution in [0.25, 0.3) is 0 Å². The highest BCUT2D eigenvalue weighted by Gasteiger charge is 2.28. The summed E-state index contributed by atoms with van der Waals surface area (Å²) in [5.41, 5.74) is 1.30. The maximum atomic E-state index is 11.7. The lowest BCUT2D eigenvalue weighted by atomic mass is 9.85. The Kier molecular flexibility index (Phi) is 4.15. The Labute approximate surface area is 102 Å². The normalized spacial score (nSPS) is 24.3. The molecule has 1 aromatic rings. The first-order valence-electron chi connectivity index (χ1n) is 6.23. The van der Waals surface area contributed by atoms with Crippen molar-refractivity contribution in [3.05, 3.63) is 35.9 Å². The van der Waals surface area contributed by atoms with Crippen molar-refractivity contribution in [3.63, 3.8) is 0 Å². The number of hydrogen-bond acceptors (Lipinski definition) is 3. The van der Waals surface area contributed by atoms with Crippen LogP contribution in [0.2, 0.25) is 0 Å². The van der Waals surface area contributed by atoms with Crippen LogP contribution in [-0.2, 0) is 9.53 Å². The smallest absolute Gasteiger partial charge is 0.310 e. The van der Waals surface area contributed by atoms with Crippen LogP contribution >= 0.6 is 0 Å². The summed E-state index contributed by atoms with van der Waals surface area (Å²) in [6, 6.07) is 10.4. The second kappa shape index (κ2) is 5.82. The van der Waals surface area contributed by atoms with Gasteiger partial charge in [-0.05, 0) is 24.8 Å². The molecule has 2 atom stereocenters. The Morgan fingerprint density at radius 2 is 2.12 bits per heavy atom. The van der Waals surface area contributed by atoms with Gasteiger partial charge in [0.25, 0.3) is 0 Å². The average molecular weight is 233 g/mol. The Balaban J connectivity index is 2.00. The summed E-state index contributed by atoms with van der Waals surface area (Å²) < 4.78 is 5.09. The molecule has 1 heterocycles. The number of ether oxygens (including phenoxy) is 1. The van der Waals surface area contributed by atoms with Gasteiger partial charge in [-0.3, -0.25) is 4.79 Å². The number of piperidine rings is 1. The number of rotatable bonds is 3. The fraction of sp³-hybridized carbons (Fsp3) is 0.500. The van der Waals surface area contributed by atoms with Crippen LogP contribution in [0.4, 0.5) is 0 Å². The van der Waals surface area contributed by atoms with Gasteiger partial charge in [-0.25, -0.2) is 0 Å². The van der Waals surface area contributed by atoms with Crippen molar-refractivity contribution in [2.75, 3.05) is 19.7 Å². The molecule has 3 heteroatoms. The molecule has 0 aromatic heterocycles. The maximum Gasteiger partial charge on any atom is 0.310 e. The standard InChI is InChI=1S/C14H19NO2/c1-2-17-14(16)13-8-12(9-15-10-13)11-6-4-3-5-7-11/h3-7,12-13,15H,2,8-10H2,1H3/t12-,13+/m0/s1. The first kappa shape index (κ1) is 12.1. The first-order chi connectivity index (χ1) is 8.31. The molecule has 3 nitrogen and oxygen atoms in total. The second-order valence-electron chi connectivity index (χ2n) is 4.45. The zero-order valence-electron chi connectivity index (χ0n) is 10.2. The zero-order valence-corrected chi connectivity index (χ0v) is 10.2. The Morgan fingerprint density at radius 1 is 1.35 bits per heavy atom. The van der Waals surface area contributed by atoms with Crippen LogP contribution in [0.5, 0.6) is 0 Å². The SMILES string of the molecule is CCOC(=O)[C@H]1CNC[C@@H](c2ccccc2)C1. The highest BCUT2D eigenvalue weighted by molar-refractivity contribution is 5.73. The van der Waals surface area contributed by atoms with Gasteiger partial charge in [0.2, 0.25) is 0 Å². The molecule has 1 aliphatic rings. The summed E-state index contributed by atoms with van der Waals surface area (Å²) in [6.07, 6.45) is 0.885. The summed E-state index contributed by atoms with van der Waals surface area (Å²) in [5.74, 6) is 0.342. The molecule has 0 aliphatic carbocycles. The minimum Gasteiger partial charge on any atom is -0.466 e. The highest BCUT2D eigenvalue weighted by Crippen LogP contribution is 2.26. The van der Waals surface area contributed by atoms with E-state index >= 15 is 0 Å². The van der Waals surface area contributed by atoms with Crippen LogP contribution in [0.1, 0.15) is 24.8 Å². The number of carbonyl (C=O) groups excluding carboxylic acids is 1. The van der Waals surface area contributed by atoms with Crippen LogP contribution in [0.15, 0.2) is 30.3 Å². The topological polar surface area (TPSA) is 38.3 Å². The van der Waals surface area contributed by atoms with E-state index in [9.17, 15) is 4.79 Å². The Bertz CT molecular complexity index is 364. The van der Waals surface area contributed by atoms with E-state index in [0.29, 0.717) is 12.5 Å². The minimum absolute atomic E-state index is 0.00564. The molecule has 1 aromatic carbocycles. The number of esters is 1. The minimum atomic E-state index is -0.0689. The van der Waals surface area contributed by atoms with Gasteiger partial charge < -0.3 is 10.1 Å². The van der Waals surface area contributed by atoms with Crippen molar-refractivity contribution in [1.29, 1.82) is 0 Å². The predicted octanol–water partition coefficient (Wildman–Crippen LogP) is 1.94. The molecular weight excluding hydrogens is 214 g/mol. The molecule has 92 valence electrons. The van der Waals surface area contributed by atoms with Crippen molar-refractivity contribution in [2.24, 2.45) is 5.92 Å². The van der Waals surface area contributed by atoms with Gasteiger partial charge >= 0.3 is 5.97 Å². The predicted molar refractivity (Wildman–Crippen MR) is 66.8 cm³/mol. The third kappa shape index (κ3) is 3.07. The van der Waals surface area contributed by atoms with Gasteiger partial charge in [0.05, 0.1) is 12.5 Å². The largest absolute Gasteiger partial charge is 0.466 e. The number of carbonyl (C=O) groups is 1. The third-order valence-electron chi connectivity index (χ3n) is 3.24. The molecule has 0 spiro atoms. The molecule has 0 unspecified atom stereocenters. The highest BCUT2D eigenvalue weighted by atomic mass is 16.5. The van der Waals surface area contributed by atoms with Crippen molar-refractivity contribution in [3.8, 4) is 0 Å². The molecule has 1 saturated heterocycles. The van der Waals surface area contributed by atoms with Gasteiger partial charge in [0.15, 0.2) is 0 Å². The van der Waals surface area contributed by atoms with E-state index in [4.69, 9.17) is 4.74 Å². The Hall–Kier alpha value is -1.35. The molecule has 0 saturated carbocycles. The van der Waals surface area contributed by atoms with Crippen LogP contribution in [0, 0.1) is 5.92 Å². The van der Waals surface area contributed by atoms with Crippen LogP contribution in [0.3, 0.4) is 0 Å². The van der Waals surface area contributed by atoms with E-state index in [1.807, 2.05) is 25.1 Å². The number of hydrogen-bond donors (Lipinski definition) is 1. The molecule has 1 fully saturated rings. The van der Waals surface area contributed by atoms with Gasteiger partial charge in [0.1, 0.15) is 0 Å². The first-order valence-corrected chi connectivity index (χ1v) is 6.23. The van der Waals surface area contributed by atoms with Gasteiger partial charge in [-0.1, -0.05) is 30.3 Å². The van der Waals surface area contributed by atoms with Gasteiger partial charge in [-0.2, -0.15) is 0 Å². The lowest BCUT2D eigenvalue weighted by Crippen LogP contribution is -2.39. The Morgan fingerprint density at radius 3 is 2.82 bits per heavy atom. The van der Waals surface area contributed by atoms with Gasteiger partial charge in [0, 0.05) is 13.1 Å². The van der Waals surface area contributed by atoms with E-state index in [1.165, 1.54) is 5.56 Å². The van der Waals surface area contributed by atoms with Crippen molar-refractivity contribution in [2.45, 2.75) is 19.3 Å². The molecule has 0 radical (unpaired) electrons. The summed E-state index contributed by atoms with van der Waals surface area (Å²) in [6.45, 7) is 4.00. The summed E-state index contributed by atoms with van der Waals surface area (Å²) in [5, 5.41) is 3.32. The van der Waals surface area contributed by atoms with E-state index in [1.54, 1.807) is 0 Å². The number of nitrogens with one attached hydrogen (secondary N) is 1. The molecule has 1 N–H and O–H groups in total. The van der Waals surface area contributed by atoms with Crippen molar-refractivity contribution < 1.29 is 9.53 Å². The van der Waals surface area contributed by atoms with Crippen LogP contribution < -0.4 is 5.32 Å². The third-order valence-corrected chi connectivity index (χ3v) is 3.24. The molecular formula is C14H19NO2. The van der Waals surface area contributed by atoms with Gasteiger partial charge in [-0.15, -0.1) is 0 Å². The molecule has 2 rings (SSSR count). The number of benzene rings is 1. The lowest BCUT2D eigenvalue weighted by Gasteiger charge is -2.28. The zero-order chi connectivity index (χ0) is 12.1. The molecule has 0 amide bonds. The maximum absolute atomic E-state index is 11.7. The fourth-order valence-corrected chi connectivity index (χ4v) is 2.36. The van der Waals surface area contributed by atoms with Crippen LogP contribution in [-0.4, -0.2) is 25.7 Å². The summed E-state index contributed by atoms with van der Waals surface area (Å²) in [7, 11) is 0. The monoisotopic (exact) mass is 233 g/mol. The quantitative estimate of drug-likeness (QED) is 0.811.